The number of rotatable bonds is 8. The number of benzene rings is 1. The summed E-state index contributed by atoms with van der Waals surface area (Å²) in [6.45, 7) is 8.93. The molecule has 0 spiro atoms. The van der Waals surface area contributed by atoms with E-state index in [-0.39, 0.29) is 11.7 Å². The number of imidazole rings is 1. The molecule has 0 saturated carbocycles. The van der Waals surface area contributed by atoms with Crippen LogP contribution in [0.3, 0.4) is 0 Å². The van der Waals surface area contributed by atoms with Crippen LogP contribution in [-0.4, -0.2) is 34.7 Å². The molecule has 8 nitrogen and oxygen atoms in total. The quantitative estimate of drug-likeness (QED) is 0.452. The molecule has 1 atom stereocenters. The molecule has 0 saturated heterocycles. The summed E-state index contributed by atoms with van der Waals surface area (Å²) in [5.74, 6) is 0.532. The molecule has 0 aliphatic heterocycles. The summed E-state index contributed by atoms with van der Waals surface area (Å²) >= 11 is 0. The lowest BCUT2D eigenvalue weighted by Gasteiger charge is -2.11. The molecule has 0 aliphatic carbocycles. The lowest BCUT2D eigenvalue weighted by atomic mass is 10.0. The highest BCUT2D eigenvalue weighted by Gasteiger charge is 2.19. The Hall–Kier alpha value is -3.55. The van der Waals surface area contributed by atoms with Crippen molar-refractivity contribution in [1.82, 2.24) is 34.7 Å². The molecule has 32 heavy (non-hydrogen) atoms. The van der Waals surface area contributed by atoms with Crippen molar-refractivity contribution in [2.45, 2.75) is 59.5 Å². The summed E-state index contributed by atoms with van der Waals surface area (Å²) in [5.41, 5.74) is 5.86. The average Bonchev–Trinajstić information content (AvgIpc) is 3.43. The number of hydrogen-bond acceptors (Lipinski definition) is 5. The summed E-state index contributed by atoms with van der Waals surface area (Å²) in [6.07, 6.45) is 4.65. The Bertz CT molecular complexity index is 1240. The predicted molar refractivity (Wildman–Crippen MR) is 124 cm³/mol. The molecule has 0 radical (unpaired) electrons. The summed E-state index contributed by atoms with van der Waals surface area (Å²) in [5, 5.41) is 14.4. The SMILES string of the molecule is CCCc1c(C)n(C(C)CC)c(=O)n1Cc1ccc(-c2ccccc2-c2nn[nH]n2)nc1. The van der Waals surface area contributed by atoms with Gasteiger partial charge in [-0.25, -0.2) is 4.79 Å². The smallest absolute Gasteiger partial charge is 0.294 e. The topological polar surface area (TPSA) is 94.3 Å². The van der Waals surface area contributed by atoms with E-state index in [1.807, 2.05) is 51.7 Å². The van der Waals surface area contributed by atoms with E-state index in [2.05, 4.69) is 48.3 Å². The van der Waals surface area contributed by atoms with Crippen molar-refractivity contribution >= 4 is 0 Å². The van der Waals surface area contributed by atoms with Crippen LogP contribution >= 0.6 is 0 Å². The van der Waals surface area contributed by atoms with Gasteiger partial charge in [0.1, 0.15) is 0 Å². The second kappa shape index (κ2) is 9.30. The first-order valence-electron chi connectivity index (χ1n) is 11.1. The van der Waals surface area contributed by atoms with Gasteiger partial charge in [-0.15, -0.1) is 10.2 Å². The van der Waals surface area contributed by atoms with Crippen LogP contribution in [0.15, 0.2) is 47.4 Å². The maximum absolute atomic E-state index is 13.2. The number of nitrogens with one attached hydrogen (secondary N) is 1. The van der Waals surface area contributed by atoms with Gasteiger partial charge in [0.05, 0.1) is 12.2 Å². The number of aromatic amines is 1. The van der Waals surface area contributed by atoms with E-state index < -0.39 is 0 Å². The standard InChI is InChI=1S/C24H29N7O/c1-5-9-22-17(4)31(16(3)6-2)24(32)30(22)15-18-12-13-21(25-14-18)19-10-7-8-11-20(19)23-26-28-29-27-23/h7-8,10-14,16H,5-6,9,15H2,1-4H3,(H,26,27,28,29). The molecule has 0 amide bonds. The van der Waals surface area contributed by atoms with E-state index in [4.69, 9.17) is 4.98 Å². The molecule has 1 unspecified atom stereocenters. The van der Waals surface area contributed by atoms with Gasteiger partial charge in [-0.1, -0.05) is 50.6 Å². The monoisotopic (exact) mass is 431 g/mol. The fourth-order valence-electron chi connectivity index (χ4n) is 4.18. The third kappa shape index (κ3) is 4.00. The number of H-pyrrole nitrogens is 1. The van der Waals surface area contributed by atoms with Crippen molar-refractivity contribution in [1.29, 1.82) is 0 Å². The first-order valence-corrected chi connectivity index (χ1v) is 11.1. The van der Waals surface area contributed by atoms with Crippen LogP contribution in [0.4, 0.5) is 0 Å². The minimum Gasteiger partial charge on any atom is -0.294 e. The van der Waals surface area contributed by atoms with Crippen molar-refractivity contribution in [3.8, 4) is 22.6 Å². The van der Waals surface area contributed by atoms with Gasteiger partial charge in [0, 0.05) is 34.8 Å². The molecule has 0 fully saturated rings. The highest BCUT2D eigenvalue weighted by Crippen LogP contribution is 2.28. The van der Waals surface area contributed by atoms with Gasteiger partial charge in [0.25, 0.3) is 0 Å². The van der Waals surface area contributed by atoms with Gasteiger partial charge in [0.2, 0.25) is 5.82 Å². The number of tetrazole rings is 1. The fourth-order valence-corrected chi connectivity index (χ4v) is 4.18. The maximum atomic E-state index is 13.2. The predicted octanol–water partition coefficient (Wildman–Crippen LogP) is 4.17. The van der Waals surface area contributed by atoms with E-state index in [1.54, 1.807) is 0 Å². The van der Waals surface area contributed by atoms with Gasteiger partial charge in [-0.3, -0.25) is 14.1 Å². The van der Waals surface area contributed by atoms with Crippen LogP contribution in [0.5, 0.6) is 0 Å². The lowest BCUT2D eigenvalue weighted by molar-refractivity contribution is 0.496. The molecule has 166 valence electrons. The minimum atomic E-state index is 0.0619. The Morgan fingerprint density at radius 2 is 1.88 bits per heavy atom. The van der Waals surface area contributed by atoms with Gasteiger partial charge < -0.3 is 0 Å². The molecule has 1 N–H and O–H groups in total. The first kappa shape index (κ1) is 21.7. The maximum Gasteiger partial charge on any atom is 0.329 e. The van der Waals surface area contributed by atoms with E-state index in [1.165, 1.54) is 0 Å². The Labute approximate surface area is 187 Å². The third-order valence-corrected chi connectivity index (χ3v) is 6.01. The Balaban J connectivity index is 1.67. The Morgan fingerprint density at radius 1 is 1.09 bits per heavy atom. The zero-order valence-corrected chi connectivity index (χ0v) is 19.0. The number of nitrogens with zero attached hydrogens (tertiary/aromatic N) is 6. The lowest BCUT2D eigenvalue weighted by Crippen LogP contribution is -2.27. The minimum absolute atomic E-state index is 0.0619. The molecule has 4 aromatic rings. The second-order valence-electron chi connectivity index (χ2n) is 8.11. The largest absolute Gasteiger partial charge is 0.329 e. The molecule has 0 bridgehead atoms. The van der Waals surface area contributed by atoms with Crippen LogP contribution in [-0.2, 0) is 13.0 Å². The number of pyridine rings is 1. The first-order chi connectivity index (χ1) is 15.5. The van der Waals surface area contributed by atoms with E-state index >= 15 is 0 Å². The summed E-state index contributed by atoms with van der Waals surface area (Å²) in [4.78, 5) is 17.9. The molecule has 0 aliphatic rings. The summed E-state index contributed by atoms with van der Waals surface area (Å²) in [7, 11) is 0. The highest BCUT2D eigenvalue weighted by molar-refractivity contribution is 5.78. The summed E-state index contributed by atoms with van der Waals surface area (Å²) in [6, 6.07) is 12.0. The Kier molecular flexibility index (Phi) is 6.30. The van der Waals surface area contributed by atoms with Crippen LogP contribution in [0, 0.1) is 6.92 Å². The molecule has 8 heteroatoms. The van der Waals surface area contributed by atoms with Crippen LogP contribution in [0.2, 0.25) is 0 Å². The average molecular weight is 432 g/mol. The van der Waals surface area contributed by atoms with Crippen molar-refractivity contribution in [3.05, 3.63) is 70.0 Å². The third-order valence-electron chi connectivity index (χ3n) is 6.01. The molecular weight excluding hydrogens is 402 g/mol. The summed E-state index contributed by atoms with van der Waals surface area (Å²) < 4.78 is 3.85. The van der Waals surface area contributed by atoms with Gasteiger partial charge >= 0.3 is 5.69 Å². The molecular formula is C24H29N7O. The van der Waals surface area contributed by atoms with Gasteiger partial charge in [-0.2, -0.15) is 5.21 Å². The van der Waals surface area contributed by atoms with E-state index in [9.17, 15) is 4.79 Å². The van der Waals surface area contributed by atoms with Crippen molar-refractivity contribution in [3.63, 3.8) is 0 Å². The molecule has 4 rings (SSSR count). The van der Waals surface area contributed by atoms with Crippen molar-refractivity contribution < 1.29 is 0 Å². The van der Waals surface area contributed by atoms with Crippen LogP contribution in [0.25, 0.3) is 22.6 Å². The van der Waals surface area contributed by atoms with Crippen molar-refractivity contribution in [2.24, 2.45) is 0 Å². The fraction of sp³-hybridized carbons (Fsp3) is 0.375. The zero-order valence-electron chi connectivity index (χ0n) is 19.0. The molecule has 3 aromatic heterocycles. The van der Waals surface area contributed by atoms with Crippen LogP contribution in [0.1, 0.15) is 56.6 Å². The van der Waals surface area contributed by atoms with Crippen LogP contribution < -0.4 is 5.69 Å². The van der Waals surface area contributed by atoms with E-state index in [0.29, 0.717) is 12.4 Å². The molecule has 3 heterocycles. The normalized spacial score (nSPS) is 12.2. The second-order valence-corrected chi connectivity index (χ2v) is 8.11. The Morgan fingerprint density at radius 3 is 2.50 bits per heavy atom. The van der Waals surface area contributed by atoms with Crippen molar-refractivity contribution in [2.75, 3.05) is 0 Å². The number of hydrogen-bond donors (Lipinski definition) is 1. The number of aromatic nitrogens is 7. The van der Waals surface area contributed by atoms with Gasteiger partial charge in [-0.05, 0) is 43.5 Å². The highest BCUT2D eigenvalue weighted by atomic mass is 16.1. The van der Waals surface area contributed by atoms with E-state index in [0.717, 1.165) is 53.0 Å². The van der Waals surface area contributed by atoms with Gasteiger partial charge in [0.15, 0.2) is 0 Å². The molecule has 1 aromatic carbocycles. The zero-order chi connectivity index (χ0) is 22.7.